The van der Waals surface area contributed by atoms with E-state index in [-0.39, 0.29) is 17.8 Å². The molecule has 0 radical (unpaired) electrons. The van der Waals surface area contributed by atoms with Crippen molar-refractivity contribution in [3.8, 4) is 0 Å². The number of ether oxygens (including phenoxy) is 1. The van der Waals surface area contributed by atoms with Gasteiger partial charge in [0, 0.05) is 37.8 Å². The Morgan fingerprint density at radius 3 is 2.75 bits per heavy atom. The zero-order valence-corrected chi connectivity index (χ0v) is 14.2. The number of rotatable bonds is 3. The normalized spacial score (nSPS) is 25.0. The lowest BCUT2D eigenvalue weighted by Crippen LogP contribution is -2.51. The minimum absolute atomic E-state index is 0.0354. The van der Waals surface area contributed by atoms with E-state index >= 15 is 0 Å². The number of piperidine rings is 1. The summed E-state index contributed by atoms with van der Waals surface area (Å²) in [7, 11) is 0. The predicted molar refractivity (Wildman–Crippen MR) is 91.7 cm³/mol. The van der Waals surface area contributed by atoms with Gasteiger partial charge in [-0.1, -0.05) is 6.92 Å². The molecule has 132 valence electrons. The predicted octanol–water partition coefficient (Wildman–Crippen LogP) is 1.86. The molecular formula is C18H26FN3O2. The third-order valence-corrected chi connectivity index (χ3v) is 5.16. The molecule has 24 heavy (non-hydrogen) atoms. The van der Waals surface area contributed by atoms with Gasteiger partial charge in [-0.2, -0.15) is 0 Å². The van der Waals surface area contributed by atoms with Crippen molar-refractivity contribution in [2.45, 2.75) is 25.8 Å². The highest BCUT2D eigenvalue weighted by Crippen LogP contribution is 2.26. The van der Waals surface area contributed by atoms with E-state index in [4.69, 9.17) is 10.5 Å². The van der Waals surface area contributed by atoms with Crippen molar-refractivity contribution in [3.63, 3.8) is 0 Å². The van der Waals surface area contributed by atoms with E-state index < -0.39 is 0 Å². The van der Waals surface area contributed by atoms with E-state index in [0.29, 0.717) is 56.6 Å². The van der Waals surface area contributed by atoms with Crippen LogP contribution in [0.2, 0.25) is 0 Å². The first-order chi connectivity index (χ1) is 11.6. The van der Waals surface area contributed by atoms with E-state index in [1.54, 1.807) is 12.1 Å². The molecule has 0 bridgehead atoms. The van der Waals surface area contributed by atoms with Crippen molar-refractivity contribution >= 4 is 11.6 Å². The van der Waals surface area contributed by atoms with Crippen LogP contribution in [0.3, 0.4) is 0 Å². The molecule has 0 aromatic heterocycles. The molecule has 2 saturated heterocycles. The lowest BCUT2D eigenvalue weighted by atomic mass is 9.90. The summed E-state index contributed by atoms with van der Waals surface area (Å²) in [6.45, 7) is 5.80. The molecule has 2 atom stereocenters. The Bertz CT molecular complexity index is 590. The van der Waals surface area contributed by atoms with Gasteiger partial charge in [0.1, 0.15) is 5.82 Å². The molecule has 0 spiro atoms. The molecule has 2 aliphatic heterocycles. The van der Waals surface area contributed by atoms with Crippen LogP contribution in [0.5, 0.6) is 0 Å². The average molecular weight is 335 g/mol. The number of benzene rings is 1. The van der Waals surface area contributed by atoms with Gasteiger partial charge in [0.15, 0.2) is 0 Å². The molecule has 1 amide bonds. The molecule has 0 aliphatic carbocycles. The minimum Gasteiger partial charge on any atom is -0.378 e. The number of hydrogen-bond donors (Lipinski definition) is 1. The number of amides is 1. The van der Waals surface area contributed by atoms with Crippen LogP contribution in [0.4, 0.5) is 10.1 Å². The summed E-state index contributed by atoms with van der Waals surface area (Å²) < 4.78 is 19.8. The van der Waals surface area contributed by atoms with Crippen LogP contribution in [0.15, 0.2) is 18.2 Å². The van der Waals surface area contributed by atoms with Crippen molar-refractivity contribution in [1.82, 2.24) is 4.90 Å². The van der Waals surface area contributed by atoms with Crippen LogP contribution in [0.25, 0.3) is 0 Å². The van der Waals surface area contributed by atoms with Gasteiger partial charge in [-0.05, 0) is 37.0 Å². The van der Waals surface area contributed by atoms with Gasteiger partial charge < -0.3 is 20.3 Å². The molecule has 1 aromatic rings. The number of carbonyl (C=O) groups excluding carboxylic acids is 1. The second-order valence-electron chi connectivity index (χ2n) is 6.69. The quantitative estimate of drug-likeness (QED) is 0.916. The lowest BCUT2D eigenvalue weighted by Gasteiger charge is -2.39. The Morgan fingerprint density at radius 1 is 1.33 bits per heavy atom. The van der Waals surface area contributed by atoms with Crippen molar-refractivity contribution in [2.75, 3.05) is 44.3 Å². The van der Waals surface area contributed by atoms with E-state index in [0.717, 1.165) is 12.8 Å². The van der Waals surface area contributed by atoms with Gasteiger partial charge in [0.25, 0.3) is 5.91 Å². The van der Waals surface area contributed by atoms with Crippen LogP contribution in [0, 0.1) is 11.7 Å². The molecule has 0 unspecified atom stereocenters. The van der Waals surface area contributed by atoms with Gasteiger partial charge in [-0.25, -0.2) is 4.39 Å². The standard InChI is InChI=1S/C18H26FN3O2/c1-13-3-2-6-22(17(13)12-20)18(23)14-4-5-16(15(19)11-14)21-7-9-24-10-8-21/h4-5,11,13,17H,2-3,6-10,12,20H2,1H3/t13-,17+/m0/s1. The van der Waals surface area contributed by atoms with Gasteiger partial charge in [0.2, 0.25) is 0 Å². The SMILES string of the molecule is C[C@H]1CCCN(C(=O)c2ccc(N3CCOCC3)c(F)c2)[C@@H]1CN. The summed E-state index contributed by atoms with van der Waals surface area (Å²) in [5, 5.41) is 0. The highest BCUT2D eigenvalue weighted by molar-refractivity contribution is 5.95. The summed E-state index contributed by atoms with van der Waals surface area (Å²) in [4.78, 5) is 16.6. The zero-order chi connectivity index (χ0) is 17.1. The smallest absolute Gasteiger partial charge is 0.254 e. The second-order valence-corrected chi connectivity index (χ2v) is 6.69. The largest absolute Gasteiger partial charge is 0.378 e. The number of morpholine rings is 1. The summed E-state index contributed by atoms with van der Waals surface area (Å²) in [5.74, 6) is -0.0910. The van der Waals surface area contributed by atoms with Crippen LogP contribution in [-0.2, 0) is 4.74 Å². The summed E-state index contributed by atoms with van der Waals surface area (Å²) in [5.41, 5.74) is 6.80. The molecule has 0 saturated carbocycles. The maximum absolute atomic E-state index is 14.5. The third kappa shape index (κ3) is 3.39. The Labute approximate surface area is 142 Å². The van der Waals surface area contributed by atoms with E-state index in [9.17, 15) is 9.18 Å². The highest BCUT2D eigenvalue weighted by atomic mass is 19.1. The number of anilines is 1. The van der Waals surface area contributed by atoms with Gasteiger partial charge in [-0.3, -0.25) is 4.79 Å². The molecule has 6 heteroatoms. The molecule has 2 heterocycles. The van der Waals surface area contributed by atoms with Crippen LogP contribution >= 0.6 is 0 Å². The molecule has 1 aromatic carbocycles. The second kappa shape index (κ2) is 7.49. The summed E-state index contributed by atoms with van der Waals surface area (Å²) in [6, 6.07) is 4.83. The summed E-state index contributed by atoms with van der Waals surface area (Å²) in [6.07, 6.45) is 2.05. The molecule has 2 fully saturated rings. The van der Waals surface area contributed by atoms with Gasteiger partial charge >= 0.3 is 0 Å². The first-order valence-electron chi connectivity index (χ1n) is 8.75. The topological polar surface area (TPSA) is 58.8 Å². The average Bonchev–Trinajstić information content (AvgIpc) is 2.61. The minimum atomic E-state index is -0.350. The maximum Gasteiger partial charge on any atom is 0.254 e. The Hall–Kier alpha value is -1.66. The van der Waals surface area contributed by atoms with Crippen LogP contribution in [0.1, 0.15) is 30.1 Å². The fourth-order valence-corrected chi connectivity index (χ4v) is 3.73. The first kappa shape index (κ1) is 17.2. The molecule has 5 nitrogen and oxygen atoms in total. The number of likely N-dealkylation sites (tertiary alicyclic amines) is 1. The van der Waals surface area contributed by atoms with Crippen molar-refractivity contribution in [2.24, 2.45) is 11.7 Å². The number of nitrogens with two attached hydrogens (primary N) is 1. The first-order valence-corrected chi connectivity index (χ1v) is 8.75. The Morgan fingerprint density at radius 2 is 2.08 bits per heavy atom. The van der Waals surface area contributed by atoms with Gasteiger partial charge in [-0.15, -0.1) is 0 Å². The van der Waals surface area contributed by atoms with Crippen LogP contribution in [-0.4, -0.2) is 56.2 Å². The Balaban J connectivity index is 1.78. The van der Waals surface area contributed by atoms with Crippen molar-refractivity contribution in [3.05, 3.63) is 29.6 Å². The molecule has 2 N–H and O–H groups in total. The maximum atomic E-state index is 14.5. The van der Waals surface area contributed by atoms with Crippen molar-refractivity contribution in [1.29, 1.82) is 0 Å². The van der Waals surface area contributed by atoms with Gasteiger partial charge in [0.05, 0.1) is 18.9 Å². The highest BCUT2D eigenvalue weighted by Gasteiger charge is 2.31. The zero-order valence-electron chi connectivity index (χ0n) is 14.2. The number of nitrogens with zero attached hydrogens (tertiary/aromatic N) is 2. The lowest BCUT2D eigenvalue weighted by molar-refractivity contribution is 0.0532. The number of hydrogen-bond acceptors (Lipinski definition) is 4. The van der Waals surface area contributed by atoms with E-state index in [1.165, 1.54) is 6.07 Å². The molecule has 2 aliphatic rings. The van der Waals surface area contributed by atoms with Crippen molar-refractivity contribution < 1.29 is 13.9 Å². The fraction of sp³-hybridized carbons (Fsp3) is 0.611. The molecule has 3 rings (SSSR count). The third-order valence-electron chi connectivity index (χ3n) is 5.16. The van der Waals surface area contributed by atoms with E-state index in [1.807, 2.05) is 9.80 Å². The monoisotopic (exact) mass is 335 g/mol. The van der Waals surface area contributed by atoms with E-state index in [2.05, 4.69) is 6.92 Å². The number of carbonyl (C=O) groups is 1. The molecular weight excluding hydrogens is 309 g/mol. The number of halogens is 1. The fourth-order valence-electron chi connectivity index (χ4n) is 3.73. The van der Waals surface area contributed by atoms with Crippen LogP contribution < -0.4 is 10.6 Å². The summed E-state index contributed by atoms with van der Waals surface area (Å²) >= 11 is 0. The Kier molecular flexibility index (Phi) is 5.36.